The van der Waals surface area contributed by atoms with Crippen LogP contribution in [0.2, 0.25) is 0 Å². The molecule has 0 aliphatic heterocycles. The monoisotopic (exact) mass is 336 g/mol. The van der Waals surface area contributed by atoms with Crippen LogP contribution in [0.15, 0.2) is 0 Å². The van der Waals surface area contributed by atoms with Gasteiger partial charge in [0.1, 0.15) is 10.7 Å². The number of amides is 1. The van der Waals surface area contributed by atoms with Gasteiger partial charge in [0.05, 0.1) is 11.7 Å². The molecule has 124 valence electrons. The zero-order valence-electron chi connectivity index (χ0n) is 13.8. The average molecular weight is 336 g/mol. The maximum absolute atomic E-state index is 12.4. The Morgan fingerprint density at radius 3 is 2.57 bits per heavy atom. The molecule has 0 radical (unpaired) electrons. The fraction of sp³-hybridized carbons (Fsp3) is 0.467. The van der Waals surface area contributed by atoms with Crippen LogP contribution in [0, 0.1) is 13.8 Å². The highest BCUT2D eigenvalue weighted by Gasteiger charge is 2.24. The van der Waals surface area contributed by atoms with Crippen LogP contribution >= 0.6 is 11.3 Å². The summed E-state index contributed by atoms with van der Waals surface area (Å²) in [5.41, 5.74) is 1.89. The van der Waals surface area contributed by atoms with Crippen LogP contribution in [0.25, 0.3) is 0 Å². The molecule has 0 aliphatic carbocycles. The number of aryl methyl sites for hydroxylation is 2. The van der Waals surface area contributed by atoms with Crippen molar-refractivity contribution >= 4 is 28.3 Å². The maximum Gasteiger partial charge on any atom is 0.340 e. The molecule has 2 heterocycles. The van der Waals surface area contributed by atoms with Crippen LogP contribution < -0.4 is 5.32 Å². The molecule has 0 atom stereocenters. The lowest BCUT2D eigenvalue weighted by Crippen LogP contribution is -2.15. The molecule has 7 nitrogen and oxygen atoms in total. The van der Waals surface area contributed by atoms with E-state index in [1.165, 1.54) is 11.3 Å². The van der Waals surface area contributed by atoms with Crippen molar-refractivity contribution in [1.29, 1.82) is 0 Å². The van der Waals surface area contributed by atoms with Crippen molar-refractivity contribution in [2.75, 3.05) is 5.32 Å². The zero-order valence-corrected chi connectivity index (χ0v) is 14.6. The summed E-state index contributed by atoms with van der Waals surface area (Å²) in [6.07, 6.45) is 0.543. The predicted molar refractivity (Wildman–Crippen MR) is 88.1 cm³/mol. The van der Waals surface area contributed by atoms with E-state index in [0.717, 1.165) is 11.4 Å². The summed E-state index contributed by atoms with van der Waals surface area (Å²) in [7, 11) is 0. The van der Waals surface area contributed by atoms with Crippen molar-refractivity contribution < 1.29 is 14.3 Å². The van der Waals surface area contributed by atoms with E-state index in [1.807, 2.05) is 6.92 Å². The molecule has 0 unspecified atom stereocenters. The first kappa shape index (κ1) is 17.1. The van der Waals surface area contributed by atoms with Crippen molar-refractivity contribution in [3.05, 3.63) is 27.5 Å². The lowest BCUT2D eigenvalue weighted by molar-refractivity contribution is 0.0376. The second-order valence-corrected chi connectivity index (χ2v) is 6.45. The fourth-order valence-corrected chi connectivity index (χ4v) is 2.84. The van der Waals surface area contributed by atoms with Crippen molar-refractivity contribution in [2.24, 2.45) is 0 Å². The topological polar surface area (TPSA) is 97.0 Å². The number of carbonyl (C=O) groups is 2. The molecule has 1 amide bonds. The van der Waals surface area contributed by atoms with E-state index in [1.54, 1.807) is 27.7 Å². The summed E-state index contributed by atoms with van der Waals surface area (Å²) < 4.78 is 5.22. The summed E-state index contributed by atoms with van der Waals surface area (Å²) in [6, 6.07) is 0. The van der Waals surface area contributed by atoms with Crippen molar-refractivity contribution in [3.8, 4) is 0 Å². The Labute approximate surface area is 138 Å². The third-order valence-electron chi connectivity index (χ3n) is 3.20. The number of H-pyrrole nitrogens is 1. The van der Waals surface area contributed by atoms with Gasteiger partial charge in [-0.15, -0.1) is 10.2 Å². The quantitative estimate of drug-likeness (QED) is 0.818. The number of ether oxygens (including phenoxy) is 1. The van der Waals surface area contributed by atoms with Crippen molar-refractivity contribution in [1.82, 2.24) is 15.2 Å². The molecule has 8 heteroatoms. The molecule has 0 saturated heterocycles. The molecule has 2 N–H and O–H groups in total. The number of esters is 1. The van der Waals surface area contributed by atoms with E-state index < -0.39 is 5.97 Å². The molecular formula is C15H20N4O3S. The van der Waals surface area contributed by atoms with E-state index in [2.05, 4.69) is 20.5 Å². The highest BCUT2D eigenvalue weighted by Crippen LogP contribution is 2.22. The minimum absolute atomic E-state index is 0.220. The van der Waals surface area contributed by atoms with E-state index >= 15 is 0 Å². The number of aromatic amines is 1. The van der Waals surface area contributed by atoms with Gasteiger partial charge in [-0.25, -0.2) is 4.79 Å². The van der Waals surface area contributed by atoms with E-state index in [4.69, 9.17) is 4.74 Å². The highest BCUT2D eigenvalue weighted by molar-refractivity contribution is 7.15. The van der Waals surface area contributed by atoms with Gasteiger partial charge in [0.2, 0.25) is 5.13 Å². The minimum atomic E-state index is -0.436. The zero-order chi connectivity index (χ0) is 17.1. The largest absolute Gasteiger partial charge is 0.459 e. The van der Waals surface area contributed by atoms with Gasteiger partial charge in [-0.05, 0) is 39.7 Å². The summed E-state index contributed by atoms with van der Waals surface area (Å²) >= 11 is 1.33. The first-order valence-electron chi connectivity index (χ1n) is 7.37. The molecule has 2 rings (SSSR count). The maximum atomic E-state index is 12.4. The van der Waals surface area contributed by atoms with Crippen LogP contribution in [0.1, 0.15) is 57.9 Å². The van der Waals surface area contributed by atoms with Gasteiger partial charge >= 0.3 is 5.97 Å². The Morgan fingerprint density at radius 1 is 1.30 bits per heavy atom. The predicted octanol–water partition coefficient (Wildman–Crippen LogP) is 2.86. The molecular weight excluding hydrogens is 316 g/mol. The van der Waals surface area contributed by atoms with Crippen LogP contribution in [-0.4, -0.2) is 33.2 Å². The molecule has 0 aromatic carbocycles. The minimum Gasteiger partial charge on any atom is -0.459 e. The van der Waals surface area contributed by atoms with Crippen molar-refractivity contribution in [2.45, 2.75) is 47.1 Å². The number of nitrogens with one attached hydrogen (secondary N) is 2. The molecule has 0 aliphatic rings. The Bertz CT molecular complexity index is 733. The Morgan fingerprint density at radius 2 is 2.00 bits per heavy atom. The first-order chi connectivity index (χ1) is 10.8. The van der Waals surface area contributed by atoms with Gasteiger partial charge < -0.3 is 9.72 Å². The molecule has 0 fully saturated rings. The van der Waals surface area contributed by atoms with Gasteiger partial charge in [-0.3, -0.25) is 10.1 Å². The standard InChI is InChI=1S/C15H20N4O3S/c1-6-10-18-19-15(23-10)17-13(20)12-8(4)11(9(5)16-12)14(21)22-7(2)3/h7,16H,6H2,1-5H3,(H,17,19,20). The average Bonchev–Trinajstić information content (AvgIpc) is 3.02. The summed E-state index contributed by atoms with van der Waals surface area (Å²) in [5.74, 6) is -0.789. The van der Waals surface area contributed by atoms with Gasteiger partial charge in [-0.2, -0.15) is 0 Å². The molecule has 0 spiro atoms. The SMILES string of the molecule is CCc1nnc(NC(=O)c2[nH]c(C)c(C(=O)OC(C)C)c2C)s1. The number of anilines is 1. The highest BCUT2D eigenvalue weighted by atomic mass is 32.1. The van der Waals surface area contributed by atoms with E-state index in [-0.39, 0.29) is 12.0 Å². The summed E-state index contributed by atoms with van der Waals surface area (Å²) in [5, 5.41) is 11.9. The van der Waals surface area contributed by atoms with E-state index in [0.29, 0.717) is 27.6 Å². The van der Waals surface area contributed by atoms with Crippen LogP contribution in [0.5, 0.6) is 0 Å². The number of aromatic nitrogens is 3. The Balaban J connectivity index is 2.22. The molecule has 0 saturated carbocycles. The molecule has 2 aromatic rings. The Kier molecular flexibility index (Phi) is 5.15. The third kappa shape index (κ3) is 3.76. The fourth-order valence-electron chi connectivity index (χ4n) is 2.16. The van der Waals surface area contributed by atoms with Gasteiger partial charge in [-0.1, -0.05) is 18.3 Å². The number of rotatable bonds is 5. The smallest absolute Gasteiger partial charge is 0.340 e. The second-order valence-electron chi connectivity index (χ2n) is 5.39. The number of carbonyl (C=O) groups excluding carboxylic acids is 2. The van der Waals surface area contributed by atoms with Crippen LogP contribution in [0.3, 0.4) is 0 Å². The number of hydrogen-bond acceptors (Lipinski definition) is 6. The number of nitrogens with zero attached hydrogens (tertiary/aromatic N) is 2. The van der Waals surface area contributed by atoms with Crippen LogP contribution in [-0.2, 0) is 11.2 Å². The second kappa shape index (κ2) is 6.91. The van der Waals surface area contributed by atoms with Crippen LogP contribution in [0.4, 0.5) is 5.13 Å². The number of hydrogen-bond donors (Lipinski definition) is 2. The summed E-state index contributed by atoms with van der Waals surface area (Å²) in [6.45, 7) is 8.98. The Hall–Kier alpha value is -2.22. The van der Waals surface area contributed by atoms with Gasteiger partial charge in [0, 0.05) is 5.69 Å². The molecule has 23 heavy (non-hydrogen) atoms. The van der Waals surface area contributed by atoms with Gasteiger partial charge in [0.25, 0.3) is 5.91 Å². The normalized spacial score (nSPS) is 10.9. The van der Waals surface area contributed by atoms with Gasteiger partial charge in [0.15, 0.2) is 0 Å². The lowest BCUT2D eigenvalue weighted by Gasteiger charge is -2.08. The third-order valence-corrected chi connectivity index (χ3v) is 4.18. The first-order valence-corrected chi connectivity index (χ1v) is 8.19. The molecule has 2 aromatic heterocycles. The van der Waals surface area contributed by atoms with Crippen molar-refractivity contribution in [3.63, 3.8) is 0 Å². The van der Waals surface area contributed by atoms with E-state index in [9.17, 15) is 9.59 Å². The molecule has 0 bridgehead atoms. The lowest BCUT2D eigenvalue weighted by atomic mass is 10.1. The summed E-state index contributed by atoms with van der Waals surface area (Å²) in [4.78, 5) is 27.5.